The number of hydrogen-bond donors (Lipinski definition) is 1. The minimum atomic E-state index is -3.75. The van der Waals surface area contributed by atoms with Gasteiger partial charge in [-0.15, -0.1) is 10.2 Å². The van der Waals surface area contributed by atoms with Gasteiger partial charge in [0.25, 0.3) is 0 Å². The lowest BCUT2D eigenvalue weighted by Crippen LogP contribution is -2.45. The Kier molecular flexibility index (Phi) is 6.85. The molecule has 9 nitrogen and oxygen atoms in total. The number of rotatable bonds is 8. The molecule has 12 heteroatoms. The van der Waals surface area contributed by atoms with E-state index in [0.29, 0.717) is 35.5 Å². The zero-order valence-electron chi connectivity index (χ0n) is 16.2. The zero-order valence-corrected chi connectivity index (χ0v) is 18.7. The quantitative estimate of drug-likeness (QED) is 0.475. The third-order valence-corrected chi connectivity index (χ3v) is 7.35. The Balaban J connectivity index is 1.80. The first-order valence-electron chi connectivity index (χ1n) is 8.96. The van der Waals surface area contributed by atoms with Crippen LogP contribution in [0.5, 0.6) is 11.5 Å². The number of hydrogen-bond acceptors (Lipinski definition) is 9. The second-order valence-corrected chi connectivity index (χ2v) is 10.5. The lowest BCUT2D eigenvalue weighted by Gasteiger charge is -2.29. The van der Waals surface area contributed by atoms with Crippen molar-refractivity contribution < 1.29 is 22.7 Å². The highest BCUT2D eigenvalue weighted by Crippen LogP contribution is 2.35. The number of nitrogens with zero attached hydrogens (tertiary/aromatic N) is 3. The second kappa shape index (κ2) is 9.18. The Hall–Kier alpha value is -2.05. The van der Waals surface area contributed by atoms with Gasteiger partial charge in [0.05, 0.1) is 11.9 Å². The van der Waals surface area contributed by atoms with Crippen LogP contribution >= 0.6 is 23.1 Å². The Labute approximate surface area is 177 Å². The van der Waals surface area contributed by atoms with E-state index in [-0.39, 0.29) is 0 Å². The van der Waals surface area contributed by atoms with Crippen LogP contribution in [0.4, 0.5) is 10.8 Å². The van der Waals surface area contributed by atoms with Gasteiger partial charge in [0.2, 0.25) is 21.1 Å². The fourth-order valence-corrected chi connectivity index (χ4v) is 5.54. The highest BCUT2D eigenvalue weighted by Gasteiger charge is 2.31. The summed E-state index contributed by atoms with van der Waals surface area (Å²) in [5, 5.41) is 11.0. The molecule has 1 amide bonds. The van der Waals surface area contributed by atoms with Gasteiger partial charge in [-0.2, -0.15) is 0 Å². The normalized spacial score (nSPS) is 14.3. The maximum absolute atomic E-state index is 12.7. The summed E-state index contributed by atoms with van der Waals surface area (Å²) in [5.41, 5.74) is 0.316. The molecule has 0 spiro atoms. The molecule has 1 atom stereocenters. The molecule has 1 unspecified atom stereocenters. The standard InChI is InChI=1S/C17H22N4O5S3/c1-4-9-27-17-20-19-16(28-17)18-15(22)11(2)21(29(3,23)24)12-5-6-13-14(10-12)26-8-7-25-13/h5-6,10-11H,4,7-9H2,1-3H3,(H,18,19,22). The smallest absolute Gasteiger partial charge is 0.249 e. The van der Waals surface area contributed by atoms with Crippen molar-refractivity contribution in [3.05, 3.63) is 18.2 Å². The number of thioether (sulfide) groups is 1. The highest BCUT2D eigenvalue weighted by atomic mass is 32.2. The number of aromatic nitrogens is 2. The Morgan fingerprint density at radius 3 is 2.72 bits per heavy atom. The van der Waals surface area contributed by atoms with E-state index in [4.69, 9.17) is 9.47 Å². The first kappa shape index (κ1) is 21.7. The Morgan fingerprint density at radius 1 is 1.31 bits per heavy atom. The Morgan fingerprint density at radius 2 is 2.03 bits per heavy atom. The number of carbonyl (C=O) groups is 1. The molecule has 1 aromatic carbocycles. The minimum Gasteiger partial charge on any atom is -0.486 e. The van der Waals surface area contributed by atoms with Gasteiger partial charge in [0.15, 0.2) is 15.8 Å². The largest absolute Gasteiger partial charge is 0.486 e. The lowest BCUT2D eigenvalue weighted by molar-refractivity contribution is -0.116. The van der Waals surface area contributed by atoms with Crippen LogP contribution in [0.15, 0.2) is 22.5 Å². The average Bonchev–Trinajstić information content (AvgIpc) is 3.12. The maximum atomic E-state index is 12.7. The number of amides is 1. The number of nitrogens with one attached hydrogen (secondary N) is 1. The Bertz CT molecular complexity index is 979. The first-order chi connectivity index (χ1) is 13.8. The van der Waals surface area contributed by atoms with Crippen LogP contribution in [0, 0.1) is 0 Å². The van der Waals surface area contributed by atoms with Gasteiger partial charge in [-0.25, -0.2) is 8.42 Å². The zero-order chi connectivity index (χ0) is 21.0. The predicted molar refractivity (Wildman–Crippen MR) is 114 cm³/mol. The monoisotopic (exact) mass is 458 g/mol. The van der Waals surface area contributed by atoms with Crippen LogP contribution in [0.1, 0.15) is 20.3 Å². The number of fused-ring (bicyclic) bond motifs is 1. The van der Waals surface area contributed by atoms with Crippen molar-refractivity contribution in [2.75, 3.05) is 34.8 Å². The predicted octanol–water partition coefficient (Wildman–Crippen LogP) is 2.60. The summed E-state index contributed by atoms with van der Waals surface area (Å²) in [6.45, 7) is 4.39. The number of benzene rings is 1. The van der Waals surface area contributed by atoms with Crippen molar-refractivity contribution >= 4 is 49.8 Å². The minimum absolute atomic E-state index is 0.316. The van der Waals surface area contributed by atoms with E-state index in [1.807, 2.05) is 0 Å². The van der Waals surface area contributed by atoms with Gasteiger partial charge >= 0.3 is 0 Å². The lowest BCUT2D eigenvalue weighted by atomic mass is 10.2. The maximum Gasteiger partial charge on any atom is 0.249 e. The molecule has 0 bridgehead atoms. The molecule has 0 saturated carbocycles. The van der Waals surface area contributed by atoms with E-state index >= 15 is 0 Å². The molecule has 29 heavy (non-hydrogen) atoms. The van der Waals surface area contributed by atoms with Crippen molar-refractivity contribution in [1.82, 2.24) is 10.2 Å². The van der Waals surface area contributed by atoms with Crippen molar-refractivity contribution in [2.24, 2.45) is 0 Å². The third-order valence-electron chi connectivity index (χ3n) is 3.93. The van der Waals surface area contributed by atoms with Gasteiger partial charge in [-0.3, -0.25) is 14.4 Å². The third kappa shape index (κ3) is 5.31. The molecular weight excluding hydrogens is 436 g/mol. The molecule has 1 aromatic heterocycles. The van der Waals surface area contributed by atoms with Crippen LogP contribution in [0.2, 0.25) is 0 Å². The molecule has 3 rings (SSSR count). The van der Waals surface area contributed by atoms with E-state index in [1.165, 1.54) is 18.3 Å². The number of carbonyl (C=O) groups excluding carboxylic acids is 1. The van der Waals surface area contributed by atoms with Crippen molar-refractivity contribution in [3.8, 4) is 11.5 Å². The van der Waals surface area contributed by atoms with Crippen LogP contribution < -0.4 is 19.1 Å². The van der Waals surface area contributed by atoms with E-state index in [1.54, 1.807) is 30.0 Å². The van der Waals surface area contributed by atoms with Gasteiger partial charge in [0.1, 0.15) is 19.3 Å². The van der Waals surface area contributed by atoms with E-state index in [2.05, 4.69) is 22.4 Å². The summed E-state index contributed by atoms with van der Waals surface area (Å²) in [5.74, 6) is 1.38. The summed E-state index contributed by atoms with van der Waals surface area (Å²) < 4.78 is 37.7. The molecule has 0 saturated heterocycles. The SMILES string of the molecule is CCCSc1nnc(NC(=O)C(C)N(c2ccc3c(c2)OCCO3)S(C)(=O)=O)s1. The van der Waals surface area contributed by atoms with E-state index in [9.17, 15) is 13.2 Å². The summed E-state index contributed by atoms with van der Waals surface area (Å²) >= 11 is 2.82. The molecule has 2 aromatic rings. The van der Waals surface area contributed by atoms with Crippen LogP contribution in [-0.4, -0.2) is 55.8 Å². The van der Waals surface area contributed by atoms with Crippen molar-refractivity contribution in [1.29, 1.82) is 0 Å². The molecule has 1 aliphatic rings. The summed E-state index contributed by atoms with van der Waals surface area (Å²) in [6, 6.07) is 3.77. The molecule has 0 radical (unpaired) electrons. The molecule has 1 N–H and O–H groups in total. The number of ether oxygens (including phenoxy) is 2. The van der Waals surface area contributed by atoms with Gasteiger partial charge in [-0.05, 0) is 25.5 Å². The van der Waals surface area contributed by atoms with Gasteiger partial charge < -0.3 is 9.47 Å². The molecule has 0 aliphatic carbocycles. The molecule has 0 fully saturated rings. The summed E-state index contributed by atoms with van der Waals surface area (Å²) in [6.07, 6.45) is 2.06. The summed E-state index contributed by atoms with van der Waals surface area (Å²) in [7, 11) is -3.75. The molecule has 158 valence electrons. The molecule has 1 aliphatic heterocycles. The van der Waals surface area contributed by atoms with Crippen molar-refractivity contribution in [3.63, 3.8) is 0 Å². The fourth-order valence-electron chi connectivity index (χ4n) is 2.70. The second-order valence-electron chi connectivity index (χ2n) is 6.27. The van der Waals surface area contributed by atoms with Crippen molar-refractivity contribution in [2.45, 2.75) is 30.6 Å². The highest BCUT2D eigenvalue weighted by molar-refractivity contribution is 8.01. The van der Waals surface area contributed by atoms with Crippen LogP contribution in [0.25, 0.3) is 0 Å². The van der Waals surface area contributed by atoms with Crippen LogP contribution in [0.3, 0.4) is 0 Å². The van der Waals surface area contributed by atoms with Gasteiger partial charge in [0, 0.05) is 11.8 Å². The number of sulfonamides is 1. The summed E-state index contributed by atoms with van der Waals surface area (Å²) in [4.78, 5) is 12.7. The van der Waals surface area contributed by atoms with Crippen LogP contribution in [-0.2, 0) is 14.8 Å². The molecular formula is C17H22N4O5S3. The number of anilines is 2. The van der Waals surface area contributed by atoms with E-state index in [0.717, 1.165) is 27.1 Å². The first-order valence-corrected chi connectivity index (χ1v) is 12.6. The topological polar surface area (TPSA) is 111 Å². The van der Waals surface area contributed by atoms with Gasteiger partial charge in [-0.1, -0.05) is 30.0 Å². The fraction of sp³-hybridized carbons (Fsp3) is 0.471. The molecule has 2 heterocycles. The van der Waals surface area contributed by atoms with E-state index < -0.39 is 22.0 Å². The average molecular weight is 459 g/mol.